The van der Waals surface area contributed by atoms with Gasteiger partial charge in [-0.15, -0.1) is 0 Å². The van der Waals surface area contributed by atoms with Crippen molar-refractivity contribution in [3.05, 3.63) is 65.4 Å². The van der Waals surface area contributed by atoms with E-state index in [0.717, 1.165) is 30.4 Å². The fraction of sp³-hybridized carbons (Fsp3) is 0.273. The fourth-order valence-corrected chi connectivity index (χ4v) is 3.92. The van der Waals surface area contributed by atoms with E-state index in [1.165, 1.54) is 23.1 Å². The Morgan fingerprint density at radius 2 is 1.82 bits per heavy atom. The lowest BCUT2D eigenvalue weighted by Gasteiger charge is -2.30. The van der Waals surface area contributed by atoms with Gasteiger partial charge in [-0.2, -0.15) is 0 Å². The number of H-pyrrole nitrogens is 1. The van der Waals surface area contributed by atoms with Crippen LogP contribution in [0.15, 0.2) is 48.5 Å². The van der Waals surface area contributed by atoms with E-state index in [0.29, 0.717) is 5.69 Å². The quantitative estimate of drug-likeness (QED) is 0.607. The van der Waals surface area contributed by atoms with Crippen molar-refractivity contribution in [2.24, 2.45) is 0 Å². The second-order valence-electron chi connectivity index (χ2n) is 7.23. The zero-order valence-corrected chi connectivity index (χ0v) is 16.0. The molecule has 0 spiro atoms. The Morgan fingerprint density at radius 1 is 1.11 bits per heavy atom. The zero-order valence-electron chi connectivity index (χ0n) is 16.0. The Kier molecular flexibility index (Phi) is 4.88. The molecule has 1 aliphatic heterocycles. The van der Waals surface area contributed by atoms with E-state index in [2.05, 4.69) is 28.5 Å². The predicted octanol–water partition coefficient (Wildman–Crippen LogP) is 1.92. The first kappa shape index (κ1) is 18.3. The molecule has 6 nitrogen and oxygen atoms in total. The first-order chi connectivity index (χ1) is 13.6. The highest BCUT2D eigenvalue weighted by Crippen LogP contribution is 2.28. The standard InChI is InChI=1S/C22H23N3O3/c1-14(25-12-11-15-7-3-4-8-16(15)13-25)21(26)24-19-17-9-5-6-10-18(17)23-20(19)22(27)28-2/h3-10,14,23H,11-13H2,1-2H3,(H,24,26)/p+1/t14-/m1/s1. The largest absolute Gasteiger partial charge is 0.464 e. The Balaban J connectivity index is 1.58. The van der Waals surface area contributed by atoms with Crippen molar-refractivity contribution >= 4 is 28.5 Å². The summed E-state index contributed by atoms with van der Waals surface area (Å²) in [6, 6.07) is 15.7. The number of methoxy groups -OCH3 is 1. The molecule has 4 rings (SSSR count). The lowest BCUT2D eigenvalue weighted by Crippen LogP contribution is -3.16. The Hall–Kier alpha value is -3.12. The van der Waals surface area contributed by atoms with E-state index in [1.807, 2.05) is 37.3 Å². The van der Waals surface area contributed by atoms with E-state index < -0.39 is 5.97 Å². The van der Waals surface area contributed by atoms with Crippen LogP contribution in [0, 0.1) is 0 Å². The van der Waals surface area contributed by atoms with Gasteiger partial charge in [-0.25, -0.2) is 4.79 Å². The molecule has 0 aliphatic carbocycles. The average Bonchev–Trinajstić information content (AvgIpc) is 3.10. The summed E-state index contributed by atoms with van der Waals surface area (Å²) in [5, 5.41) is 3.77. The van der Waals surface area contributed by atoms with Crippen molar-refractivity contribution in [2.45, 2.75) is 25.9 Å². The van der Waals surface area contributed by atoms with Gasteiger partial charge in [0.05, 0.1) is 19.3 Å². The monoisotopic (exact) mass is 378 g/mol. The molecule has 3 aromatic rings. The van der Waals surface area contributed by atoms with Crippen LogP contribution in [0.3, 0.4) is 0 Å². The molecular formula is C22H24N3O3+. The molecule has 0 radical (unpaired) electrons. The van der Waals surface area contributed by atoms with E-state index in [4.69, 9.17) is 4.74 Å². The number of ether oxygens (including phenoxy) is 1. The van der Waals surface area contributed by atoms with Gasteiger partial charge in [-0.05, 0) is 18.6 Å². The van der Waals surface area contributed by atoms with Crippen LogP contribution in [0.1, 0.15) is 28.5 Å². The lowest BCUT2D eigenvalue weighted by molar-refractivity contribution is -0.929. The number of para-hydroxylation sites is 1. The van der Waals surface area contributed by atoms with Crippen LogP contribution in [0.25, 0.3) is 10.9 Å². The van der Waals surface area contributed by atoms with Crippen molar-refractivity contribution < 1.29 is 19.2 Å². The van der Waals surface area contributed by atoms with Gasteiger partial charge in [0, 0.05) is 22.9 Å². The number of anilines is 1. The smallest absolute Gasteiger partial charge is 0.356 e. The summed E-state index contributed by atoms with van der Waals surface area (Å²) in [6.07, 6.45) is 0.962. The predicted molar refractivity (Wildman–Crippen MR) is 107 cm³/mol. The first-order valence-electron chi connectivity index (χ1n) is 9.49. The van der Waals surface area contributed by atoms with Gasteiger partial charge in [0.2, 0.25) is 0 Å². The number of benzene rings is 2. The molecule has 0 fully saturated rings. The summed E-state index contributed by atoms with van der Waals surface area (Å²) in [5.74, 6) is -0.609. The minimum atomic E-state index is -0.501. The molecular weight excluding hydrogens is 354 g/mol. The number of hydrogen-bond donors (Lipinski definition) is 3. The maximum absolute atomic E-state index is 13.0. The van der Waals surface area contributed by atoms with Gasteiger partial charge in [0.25, 0.3) is 5.91 Å². The number of fused-ring (bicyclic) bond motifs is 2. The highest BCUT2D eigenvalue weighted by Gasteiger charge is 2.30. The summed E-state index contributed by atoms with van der Waals surface area (Å²) < 4.78 is 4.88. The fourth-order valence-electron chi connectivity index (χ4n) is 3.92. The second-order valence-corrected chi connectivity index (χ2v) is 7.23. The zero-order chi connectivity index (χ0) is 19.7. The summed E-state index contributed by atoms with van der Waals surface area (Å²) in [4.78, 5) is 29.5. The van der Waals surface area contributed by atoms with Crippen LogP contribution >= 0.6 is 0 Å². The maximum atomic E-state index is 13.0. The molecule has 1 aliphatic rings. The van der Waals surface area contributed by atoms with Crippen LogP contribution < -0.4 is 10.2 Å². The Morgan fingerprint density at radius 3 is 2.61 bits per heavy atom. The molecule has 1 amide bonds. The number of aromatic nitrogens is 1. The molecule has 28 heavy (non-hydrogen) atoms. The van der Waals surface area contributed by atoms with Crippen molar-refractivity contribution in [1.82, 2.24) is 4.98 Å². The topological polar surface area (TPSA) is 75.6 Å². The van der Waals surface area contributed by atoms with E-state index >= 15 is 0 Å². The van der Waals surface area contributed by atoms with Gasteiger partial charge in [0.15, 0.2) is 6.04 Å². The average molecular weight is 378 g/mol. The third-order valence-electron chi connectivity index (χ3n) is 5.60. The molecule has 1 aromatic heterocycles. The van der Waals surface area contributed by atoms with Crippen molar-refractivity contribution in [3.63, 3.8) is 0 Å². The third kappa shape index (κ3) is 3.27. The first-order valence-corrected chi connectivity index (χ1v) is 9.49. The van der Waals surface area contributed by atoms with E-state index in [-0.39, 0.29) is 17.6 Å². The van der Waals surface area contributed by atoms with Crippen molar-refractivity contribution in [3.8, 4) is 0 Å². The molecule has 2 aromatic carbocycles. The number of esters is 1. The van der Waals surface area contributed by atoms with Crippen LogP contribution in [0.2, 0.25) is 0 Å². The molecule has 6 heteroatoms. The summed E-state index contributed by atoms with van der Waals surface area (Å²) in [6.45, 7) is 3.66. The third-order valence-corrected chi connectivity index (χ3v) is 5.60. The lowest BCUT2D eigenvalue weighted by atomic mass is 9.98. The maximum Gasteiger partial charge on any atom is 0.356 e. The van der Waals surface area contributed by atoms with Crippen molar-refractivity contribution in [2.75, 3.05) is 19.0 Å². The SMILES string of the molecule is COC(=O)c1[nH]c2ccccc2c1NC(=O)[C@@H](C)[NH+]1CCc2ccccc2C1. The van der Waals surface area contributed by atoms with E-state index in [1.54, 1.807) is 0 Å². The van der Waals surface area contributed by atoms with Crippen LogP contribution in [-0.4, -0.2) is 36.6 Å². The minimum absolute atomic E-state index is 0.107. The van der Waals surface area contributed by atoms with Crippen LogP contribution in [0.5, 0.6) is 0 Å². The molecule has 144 valence electrons. The summed E-state index contributed by atoms with van der Waals surface area (Å²) in [7, 11) is 1.33. The summed E-state index contributed by atoms with van der Waals surface area (Å²) >= 11 is 0. The molecule has 1 unspecified atom stereocenters. The van der Waals surface area contributed by atoms with Crippen LogP contribution in [0.4, 0.5) is 5.69 Å². The number of aromatic amines is 1. The number of rotatable bonds is 4. The second kappa shape index (κ2) is 7.48. The Labute approximate surface area is 163 Å². The molecule has 3 N–H and O–H groups in total. The Bertz CT molecular complexity index is 1040. The normalized spacial score (nSPS) is 17.0. The van der Waals surface area contributed by atoms with Crippen LogP contribution in [-0.2, 0) is 22.5 Å². The summed E-state index contributed by atoms with van der Waals surface area (Å²) in [5.41, 5.74) is 4.19. The van der Waals surface area contributed by atoms with Gasteiger partial charge in [0.1, 0.15) is 12.2 Å². The number of amides is 1. The molecule has 2 heterocycles. The number of nitrogens with one attached hydrogen (secondary N) is 3. The molecule has 0 saturated heterocycles. The van der Waals surface area contributed by atoms with E-state index in [9.17, 15) is 9.59 Å². The van der Waals surface area contributed by atoms with Gasteiger partial charge in [-0.3, -0.25) is 4.79 Å². The number of hydrogen-bond acceptors (Lipinski definition) is 3. The van der Waals surface area contributed by atoms with Crippen molar-refractivity contribution in [1.29, 1.82) is 0 Å². The molecule has 2 atom stereocenters. The van der Waals surface area contributed by atoms with Gasteiger partial charge < -0.3 is 19.9 Å². The highest BCUT2D eigenvalue weighted by molar-refractivity contribution is 6.11. The van der Waals surface area contributed by atoms with Gasteiger partial charge >= 0.3 is 5.97 Å². The van der Waals surface area contributed by atoms with Gasteiger partial charge in [-0.1, -0.05) is 42.5 Å². The molecule has 0 saturated carbocycles. The number of carbonyl (C=O) groups excluding carboxylic acids is 2. The minimum Gasteiger partial charge on any atom is -0.464 e. The number of quaternary nitrogens is 1. The highest BCUT2D eigenvalue weighted by atomic mass is 16.5. The molecule has 0 bridgehead atoms. The number of carbonyl (C=O) groups is 2.